The summed E-state index contributed by atoms with van der Waals surface area (Å²) in [6, 6.07) is 6.57. The molecule has 0 saturated carbocycles. The molecule has 2 N–H and O–H groups in total. The summed E-state index contributed by atoms with van der Waals surface area (Å²) >= 11 is 1.78. The van der Waals surface area contributed by atoms with Gasteiger partial charge in [-0.3, -0.25) is 4.90 Å². The molecule has 0 unspecified atom stereocenters. The van der Waals surface area contributed by atoms with Crippen LogP contribution in [0.2, 0.25) is 0 Å². The molecule has 0 radical (unpaired) electrons. The second-order valence-corrected chi connectivity index (χ2v) is 6.74. The second-order valence-electron chi connectivity index (χ2n) is 5.89. The van der Waals surface area contributed by atoms with Crippen molar-refractivity contribution in [2.75, 3.05) is 52.2 Å². The normalized spacial score (nSPS) is 15.6. The molecule has 0 bridgehead atoms. The Morgan fingerprint density at radius 3 is 2.72 bits per heavy atom. The number of thioether (sulfide) groups is 1. The maximum Gasteiger partial charge on any atom is 0.191 e. The van der Waals surface area contributed by atoms with E-state index < -0.39 is 0 Å². The van der Waals surface area contributed by atoms with E-state index in [1.54, 1.807) is 11.8 Å². The van der Waals surface area contributed by atoms with Gasteiger partial charge >= 0.3 is 0 Å². The van der Waals surface area contributed by atoms with Crippen molar-refractivity contribution in [3.8, 4) is 0 Å². The van der Waals surface area contributed by atoms with E-state index >= 15 is 0 Å². The van der Waals surface area contributed by atoms with Gasteiger partial charge in [-0.25, -0.2) is 4.99 Å². The maximum absolute atomic E-state index is 5.38. The van der Waals surface area contributed by atoms with Gasteiger partial charge in [0.05, 0.1) is 19.8 Å². The summed E-state index contributed by atoms with van der Waals surface area (Å²) in [5.74, 6) is 0.887. The number of aliphatic imine (C=N–C) groups is 1. The Hall–Kier alpha value is -0.510. The van der Waals surface area contributed by atoms with E-state index in [4.69, 9.17) is 9.73 Å². The van der Waals surface area contributed by atoms with Gasteiger partial charge < -0.3 is 15.4 Å². The highest BCUT2D eigenvalue weighted by Gasteiger charge is 2.09. The predicted molar refractivity (Wildman–Crippen MR) is 118 cm³/mol. The van der Waals surface area contributed by atoms with E-state index in [9.17, 15) is 0 Å². The van der Waals surface area contributed by atoms with Crippen LogP contribution >= 0.6 is 35.7 Å². The zero-order valence-corrected chi connectivity index (χ0v) is 18.7. The molecule has 0 atom stereocenters. The van der Waals surface area contributed by atoms with Crippen molar-refractivity contribution in [2.24, 2.45) is 4.99 Å². The van der Waals surface area contributed by atoms with Gasteiger partial charge in [-0.15, -0.1) is 35.7 Å². The molecule has 7 heteroatoms. The average Bonchev–Trinajstić information content (AvgIpc) is 2.61. The third-order valence-corrected chi connectivity index (χ3v) is 4.84. The molecule has 0 spiro atoms. The minimum absolute atomic E-state index is 0. The topological polar surface area (TPSA) is 48.9 Å². The summed E-state index contributed by atoms with van der Waals surface area (Å²) in [5, 5.41) is 6.77. The predicted octanol–water partition coefficient (Wildman–Crippen LogP) is 2.72. The summed E-state index contributed by atoms with van der Waals surface area (Å²) in [4.78, 5) is 8.47. The number of halogens is 1. The average molecular weight is 478 g/mol. The molecule has 1 heterocycles. The first kappa shape index (κ1) is 22.5. The molecule has 1 fully saturated rings. The number of nitrogens with zero attached hydrogens (tertiary/aromatic N) is 2. The van der Waals surface area contributed by atoms with Crippen LogP contribution in [0.4, 0.5) is 0 Å². The summed E-state index contributed by atoms with van der Waals surface area (Å²) in [6.07, 6.45) is 2.12. The first-order valence-electron chi connectivity index (χ1n) is 8.68. The van der Waals surface area contributed by atoms with E-state index in [0.29, 0.717) is 6.54 Å². The molecule has 5 nitrogen and oxygen atoms in total. The zero-order valence-electron chi connectivity index (χ0n) is 15.5. The summed E-state index contributed by atoms with van der Waals surface area (Å²) in [7, 11) is 0. The molecule has 2 rings (SSSR count). The number of nitrogens with one attached hydrogen (secondary N) is 2. The van der Waals surface area contributed by atoms with Crippen LogP contribution < -0.4 is 10.6 Å². The number of hydrogen-bond donors (Lipinski definition) is 2. The first-order chi connectivity index (χ1) is 11.7. The van der Waals surface area contributed by atoms with Crippen molar-refractivity contribution in [1.82, 2.24) is 15.5 Å². The Morgan fingerprint density at radius 1 is 1.28 bits per heavy atom. The van der Waals surface area contributed by atoms with Gasteiger partial charge in [0.25, 0.3) is 0 Å². The number of morpholine rings is 1. The van der Waals surface area contributed by atoms with Crippen LogP contribution in [0.5, 0.6) is 0 Å². The van der Waals surface area contributed by atoms with Gasteiger partial charge in [0.15, 0.2) is 5.96 Å². The molecule has 0 amide bonds. The lowest BCUT2D eigenvalue weighted by atomic mass is 10.1. The zero-order chi connectivity index (χ0) is 17.2. The summed E-state index contributed by atoms with van der Waals surface area (Å²) < 4.78 is 5.38. The molecule has 142 valence electrons. The number of benzene rings is 1. The molecule has 1 aliphatic heterocycles. The number of hydrogen-bond acceptors (Lipinski definition) is 4. The Kier molecular flexibility index (Phi) is 11.5. The number of ether oxygens (including phenoxy) is 1. The summed E-state index contributed by atoms with van der Waals surface area (Å²) in [5.41, 5.74) is 2.57. The first-order valence-corrected chi connectivity index (χ1v) is 9.91. The van der Waals surface area contributed by atoms with Gasteiger partial charge in [-0.1, -0.05) is 12.1 Å². The molecular formula is C18H31IN4OS. The monoisotopic (exact) mass is 478 g/mol. The Balaban J connectivity index is 0.00000312. The smallest absolute Gasteiger partial charge is 0.191 e. The third kappa shape index (κ3) is 8.15. The van der Waals surface area contributed by atoms with Crippen molar-refractivity contribution in [3.05, 3.63) is 29.3 Å². The van der Waals surface area contributed by atoms with E-state index in [1.807, 2.05) is 0 Å². The Bertz CT molecular complexity index is 536. The van der Waals surface area contributed by atoms with Crippen LogP contribution in [-0.2, 0) is 11.3 Å². The van der Waals surface area contributed by atoms with Gasteiger partial charge in [0.2, 0.25) is 0 Å². The van der Waals surface area contributed by atoms with E-state index in [2.05, 4.69) is 53.8 Å². The lowest BCUT2D eigenvalue weighted by Crippen LogP contribution is -2.44. The van der Waals surface area contributed by atoms with E-state index in [-0.39, 0.29) is 24.0 Å². The SMILES string of the molecule is CCNC(=NCc1ccc(C)cc1SC)NCCN1CCOCC1.I. The van der Waals surface area contributed by atoms with E-state index in [0.717, 1.165) is 51.9 Å². The minimum Gasteiger partial charge on any atom is -0.379 e. The Morgan fingerprint density at radius 2 is 2.04 bits per heavy atom. The molecular weight excluding hydrogens is 447 g/mol. The lowest BCUT2D eigenvalue weighted by molar-refractivity contribution is 0.0389. The highest BCUT2D eigenvalue weighted by atomic mass is 127. The number of rotatable bonds is 7. The molecule has 25 heavy (non-hydrogen) atoms. The highest BCUT2D eigenvalue weighted by molar-refractivity contribution is 14.0. The van der Waals surface area contributed by atoms with Crippen molar-refractivity contribution in [3.63, 3.8) is 0 Å². The fraction of sp³-hybridized carbons (Fsp3) is 0.611. The van der Waals surface area contributed by atoms with Crippen LogP contribution in [0, 0.1) is 6.92 Å². The second kappa shape index (κ2) is 12.8. The van der Waals surface area contributed by atoms with Crippen molar-refractivity contribution >= 4 is 41.7 Å². The molecule has 1 saturated heterocycles. The number of aryl methyl sites for hydroxylation is 1. The van der Waals surface area contributed by atoms with Crippen LogP contribution in [0.1, 0.15) is 18.1 Å². The van der Waals surface area contributed by atoms with E-state index in [1.165, 1.54) is 16.0 Å². The molecule has 1 aromatic rings. The molecule has 1 aliphatic rings. The number of guanidine groups is 1. The quantitative estimate of drug-likeness (QED) is 0.273. The van der Waals surface area contributed by atoms with Crippen molar-refractivity contribution < 1.29 is 4.74 Å². The van der Waals surface area contributed by atoms with Crippen LogP contribution in [0.15, 0.2) is 28.1 Å². The van der Waals surface area contributed by atoms with Crippen molar-refractivity contribution in [1.29, 1.82) is 0 Å². The van der Waals surface area contributed by atoms with Gasteiger partial charge in [-0.05, 0) is 37.3 Å². The van der Waals surface area contributed by atoms with Gasteiger partial charge in [0, 0.05) is 37.6 Å². The molecule has 0 aliphatic carbocycles. The standard InChI is InChI=1S/C18H30N4OS.HI/c1-4-19-18(20-7-8-22-9-11-23-12-10-22)21-14-16-6-5-15(2)13-17(16)24-3;/h5-6,13H,4,7-12,14H2,1-3H3,(H2,19,20,21);1H. The Labute approximate surface area is 173 Å². The van der Waals surface area contributed by atoms with Crippen LogP contribution in [-0.4, -0.2) is 63.1 Å². The van der Waals surface area contributed by atoms with Crippen molar-refractivity contribution in [2.45, 2.75) is 25.3 Å². The van der Waals surface area contributed by atoms with Crippen LogP contribution in [0.25, 0.3) is 0 Å². The lowest BCUT2D eigenvalue weighted by Gasteiger charge is -2.26. The molecule has 1 aromatic carbocycles. The fourth-order valence-corrected chi connectivity index (χ4v) is 3.34. The maximum atomic E-state index is 5.38. The highest BCUT2D eigenvalue weighted by Crippen LogP contribution is 2.22. The summed E-state index contributed by atoms with van der Waals surface area (Å²) in [6.45, 7) is 11.5. The minimum atomic E-state index is 0. The largest absolute Gasteiger partial charge is 0.379 e. The van der Waals surface area contributed by atoms with Gasteiger partial charge in [-0.2, -0.15) is 0 Å². The van der Waals surface area contributed by atoms with Gasteiger partial charge in [0.1, 0.15) is 0 Å². The fourth-order valence-electron chi connectivity index (χ4n) is 2.65. The molecule has 0 aromatic heterocycles. The van der Waals surface area contributed by atoms with Crippen LogP contribution in [0.3, 0.4) is 0 Å². The third-order valence-electron chi connectivity index (χ3n) is 4.02.